The lowest BCUT2D eigenvalue weighted by Gasteiger charge is -2.35. The molecule has 1 saturated heterocycles. The Balaban J connectivity index is 1.91. The van der Waals surface area contributed by atoms with E-state index in [-0.39, 0.29) is 18.4 Å². The first kappa shape index (κ1) is 18.7. The quantitative estimate of drug-likeness (QED) is 0.836. The van der Waals surface area contributed by atoms with E-state index in [9.17, 15) is 9.90 Å². The van der Waals surface area contributed by atoms with Crippen molar-refractivity contribution in [3.63, 3.8) is 0 Å². The number of rotatable bonds is 6. The zero-order valence-corrected chi connectivity index (χ0v) is 15.4. The van der Waals surface area contributed by atoms with E-state index < -0.39 is 5.60 Å². The maximum atomic E-state index is 12.2. The highest BCUT2D eigenvalue weighted by Gasteiger charge is 2.25. The van der Waals surface area contributed by atoms with Crippen LogP contribution >= 0.6 is 0 Å². The summed E-state index contributed by atoms with van der Waals surface area (Å²) in [5, 5.41) is 13.0. The molecule has 0 aliphatic carbocycles. The van der Waals surface area contributed by atoms with Gasteiger partial charge in [0.15, 0.2) is 0 Å². The fraction of sp³-hybridized carbons (Fsp3) is 0.632. The lowest BCUT2D eigenvalue weighted by atomic mass is 9.92. The number of nitrogens with zero attached hydrogens (tertiary/aromatic N) is 2. The summed E-state index contributed by atoms with van der Waals surface area (Å²) in [5.74, 6) is -0.0553. The highest BCUT2D eigenvalue weighted by atomic mass is 16.3. The highest BCUT2D eigenvalue weighted by Crippen LogP contribution is 2.18. The number of carbonyl (C=O) groups is 1. The second kappa shape index (κ2) is 7.99. The molecule has 1 amide bonds. The smallest absolute Gasteiger partial charge is 0.251 e. The molecule has 134 valence electrons. The van der Waals surface area contributed by atoms with Gasteiger partial charge in [0.1, 0.15) is 0 Å². The molecule has 1 atom stereocenters. The van der Waals surface area contributed by atoms with Crippen molar-refractivity contribution in [1.29, 1.82) is 0 Å². The van der Waals surface area contributed by atoms with Crippen molar-refractivity contribution < 1.29 is 9.90 Å². The predicted molar refractivity (Wildman–Crippen MR) is 98.6 cm³/mol. The number of hydrogen-bond donors (Lipinski definition) is 2. The number of benzene rings is 1. The Morgan fingerprint density at radius 3 is 2.29 bits per heavy atom. The van der Waals surface area contributed by atoms with Crippen molar-refractivity contribution in [3.05, 3.63) is 29.8 Å². The fourth-order valence-electron chi connectivity index (χ4n) is 2.71. The Kier molecular flexibility index (Phi) is 6.24. The maximum Gasteiger partial charge on any atom is 0.251 e. The van der Waals surface area contributed by atoms with E-state index in [0.29, 0.717) is 5.56 Å². The normalized spacial score (nSPS) is 18.5. The molecule has 1 aromatic carbocycles. The molecule has 0 bridgehead atoms. The molecule has 0 saturated carbocycles. The zero-order chi connectivity index (χ0) is 17.7. The van der Waals surface area contributed by atoms with Gasteiger partial charge >= 0.3 is 0 Å². The van der Waals surface area contributed by atoms with Gasteiger partial charge in [-0.2, -0.15) is 0 Å². The maximum absolute atomic E-state index is 12.2. The molecule has 1 aromatic rings. The van der Waals surface area contributed by atoms with Gasteiger partial charge in [-0.15, -0.1) is 0 Å². The van der Waals surface area contributed by atoms with Crippen LogP contribution in [0.5, 0.6) is 0 Å². The van der Waals surface area contributed by atoms with E-state index in [1.165, 1.54) is 0 Å². The first-order valence-electron chi connectivity index (χ1n) is 8.91. The first-order valence-corrected chi connectivity index (χ1v) is 8.91. The Morgan fingerprint density at radius 2 is 1.79 bits per heavy atom. The van der Waals surface area contributed by atoms with Gasteiger partial charge in [-0.3, -0.25) is 4.79 Å². The van der Waals surface area contributed by atoms with Gasteiger partial charge in [-0.25, -0.2) is 0 Å². The van der Waals surface area contributed by atoms with Crippen LogP contribution in [-0.4, -0.2) is 60.8 Å². The van der Waals surface area contributed by atoms with Gasteiger partial charge in [0.2, 0.25) is 0 Å². The third kappa shape index (κ3) is 4.71. The summed E-state index contributed by atoms with van der Waals surface area (Å²) in [6.45, 7) is 13.4. The summed E-state index contributed by atoms with van der Waals surface area (Å²) in [7, 11) is 0. The molecule has 0 radical (unpaired) electrons. The Labute approximate surface area is 145 Å². The topological polar surface area (TPSA) is 55.8 Å². The molecule has 1 fully saturated rings. The third-order valence-electron chi connectivity index (χ3n) is 5.16. The molecule has 1 aliphatic rings. The van der Waals surface area contributed by atoms with Crippen molar-refractivity contribution >= 4 is 11.6 Å². The van der Waals surface area contributed by atoms with Crippen molar-refractivity contribution in [3.8, 4) is 0 Å². The first-order chi connectivity index (χ1) is 11.3. The monoisotopic (exact) mass is 333 g/mol. The molecular formula is C19H31N3O2. The molecule has 1 heterocycles. The van der Waals surface area contributed by atoms with Crippen molar-refractivity contribution in [2.24, 2.45) is 5.92 Å². The Morgan fingerprint density at radius 1 is 1.21 bits per heavy atom. The molecule has 0 aromatic heterocycles. The van der Waals surface area contributed by atoms with Crippen LogP contribution in [0, 0.1) is 5.92 Å². The second-order valence-electron chi connectivity index (χ2n) is 7.16. The van der Waals surface area contributed by atoms with Crippen LogP contribution in [0.3, 0.4) is 0 Å². The number of hydrogen-bond acceptors (Lipinski definition) is 4. The summed E-state index contributed by atoms with van der Waals surface area (Å²) in [4.78, 5) is 17.0. The van der Waals surface area contributed by atoms with Crippen LogP contribution in [0.4, 0.5) is 5.69 Å². The van der Waals surface area contributed by atoms with E-state index in [4.69, 9.17) is 0 Å². The van der Waals surface area contributed by atoms with Gasteiger partial charge in [-0.05, 0) is 43.7 Å². The molecule has 2 N–H and O–H groups in total. The third-order valence-corrected chi connectivity index (χ3v) is 5.16. The molecular weight excluding hydrogens is 302 g/mol. The summed E-state index contributed by atoms with van der Waals surface area (Å²) in [5.41, 5.74) is 0.899. The standard InChI is InChI=1S/C19H31N3O2/c1-5-21-10-12-22(13-11-21)17-8-6-16(7-9-17)18(23)20-14-19(4,24)15(2)3/h6-9,15,24H,5,10-14H2,1-4H3,(H,20,23). The summed E-state index contributed by atoms with van der Waals surface area (Å²) in [6, 6.07) is 7.75. The van der Waals surface area contributed by atoms with Gasteiger partial charge in [0.05, 0.1) is 5.60 Å². The van der Waals surface area contributed by atoms with Crippen molar-refractivity contribution in [2.75, 3.05) is 44.2 Å². The van der Waals surface area contributed by atoms with Crippen LogP contribution in [0.2, 0.25) is 0 Å². The largest absolute Gasteiger partial charge is 0.388 e. The lowest BCUT2D eigenvalue weighted by Crippen LogP contribution is -2.46. The van der Waals surface area contributed by atoms with E-state index in [1.54, 1.807) is 6.92 Å². The van der Waals surface area contributed by atoms with E-state index in [0.717, 1.165) is 38.4 Å². The molecule has 1 aliphatic heterocycles. The minimum atomic E-state index is -0.894. The fourth-order valence-corrected chi connectivity index (χ4v) is 2.71. The molecule has 2 rings (SSSR count). The average Bonchev–Trinajstić information content (AvgIpc) is 2.60. The molecule has 0 spiro atoms. The SMILES string of the molecule is CCN1CCN(c2ccc(C(=O)NCC(C)(O)C(C)C)cc2)CC1. The molecule has 1 unspecified atom stereocenters. The Hall–Kier alpha value is -1.59. The van der Waals surface area contributed by atoms with Crippen molar-refractivity contribution in [2.45, 2.75) is 33.3 Å². The van der Waals surface area contributed by atoms with Crippen LogP contribution < -0.4 is 10.2 Å². The number of piperazine rings is 1. The van der Waals surface area contributed by atoms with Crippen LogP contribution in [-0.2, 0) is 0 Å². The second-order valence-corrected chi connectivity index (χ2v) is 7.16. The minimum Gasteiger partial charge on any atom is -0.388 e. The molecule has 24 heavy (non-hydrogen) atoms. The Bertz CT molecular complexity index is 532. The van der Waals surface area contributed by atoms with E-state index in [1.807, 2.05) is 38.1 Å². The lowest BCUT2D eigenvalue weighted by molar-refractivity contribution is 0.0142. The van der Waals surface area contributed by atoms with Gasteiger partial charge in [0, 0.05) is 44.0 Å². The zero-order valence-electron chi connectivity index (χ0n) is 15.4. The van der Waals surface area contributed by atoms with E-state index >= 15 is 0 Å². The molecule has 5 heteroatoms. The number of anilines is 1. The summed E-state index contributed by atoms with van der Waals surface area (Å²) < 4.78 is 0. The minimum absolute atomic E-state index is 0.0852. The number of nitrogens with one attached hydrogen (secondary N) is 1. The number of likely N-dealkylation sites (N-methyl/N-ethyl adjacent to an activating group) is 1. The average molecular weight is 333 g/mol. The van der Waals surface area contributed by atoms with E-state index in [2.05, 4.69) is 22.0 Å². The highest BCUT2D eigenvalue weighted by molar-refractivity contribution is 5.94. The summed E-state index contributed by atoms with van der Waals surface area (Å²) >= 11 is 0. The number of amides is 1. The van der Waals surface area contributed by atoms with Gasteiger partial charge in [-0.1, -0.05) is 20.8 Å². The van der Waals surface area contributed by atoms with Crippen LogP contribution in [0.25, 0.3) is 0 Å². The van der Waals surface area contributed by atoms with Crippen LogP contribution in [0.15, 0.2) is 24.3 Å². The molecule has 5 nitrogen and oxygen atoms in total. The van der Waals surface area contributed by atoms with Gasteiger partial charge < -0.3 is 20.2 Å². The van der Waals surface area contributed by atoms with Gasteiger partial charge in [0.25, 0.3) is 5.91 Å². The summed E-state index contributed by atoms with van der Waals surface area (Å²) in [6.07, 6.45) is 0. The number of aliphatic hydroxyl groups is 1. The predicted octanol–water partition coefficient (Wildman–Crippen LogP) is 1.97. The van der Waals surface area contributed by atoms with Crippen LogP contribution in [0.1, 0.15) is 38.1 Å². The number of carbonyl (C=O) groups excluding carboxylic acids is 1. The van der Waals surface area contributed by atoms with Crippen molar-refractivity contribution in [1.82, 2.24) is 10.2 Å².